The van der Waals surface area contributed by atoms with Gasteiger partial charge in [-0.25, -0.2) is 25.5 Å². The fourth-order valence-electron chi connectivity index (χ4n) is 6.57. The van der Waals surface area contributed by atoms with Gasteiger partial charge in [-0.1, -0.05) is 66.5 Å². The molecule has 1 saturated heterocycles. The molecule has 2 aliphatic rings. The average molecular weight is 762 g/mol. The van der Waals surface area contributed by atoms with Gasteiger partial charge in [-0.3, -0.25) is 19.1 Å². The number of amides is 1. The Morgan fingerprint density at radius 3 is 1.96 bits per heavy atom. The van der Waals surface area contributed by atoms with E-state index in [-0.39, 0.29) is 22.9 Å². The highest BCUT2D eigenvalue weighted by Gasteiger charge is 2.48. The van der Waals surface area contributed by atoms with E-state index in [0.717, 1.165) is 10.4 Å². The predicted octanol–water partition coefficient (Wildman–Crippen LogP) is 5.42. The highest BCUT2D eigenvalue weighted by molar-refractivity contribution is 7.93. The summed E-state index contributed by atoms with van der Waals surface area (Å²) in [5.41, 5.74) is 0.167. The predicted molar refractivity (Wildman–Crippen MR) is 192 cm³/mol. The van der Waals surface area contributed by atoms with Crippen molar-refractivity contribution >= 4 is 54.8 Å². The number of hydrogen-bond acceptors (Lipinski definition) is 7. The zero-order valence-electron chi connectivity index (χ0n) is 27.1. The van der Waals surface area contributed by atoms with Gasteiger partial charge in [-0.15, -0.1) is 0 Å². The zero-order chi connectivity index (χ0) is 35.8. The monoisotopic (exact) mass is 760 g/mol. The minimum absolute atomic E-state index is 0.0402. The molecule has 15 heteroatoms. The number of aromatic nitrogens is 1. The van der Waals surface area contributed by atoms with Crippen molar-refractivity contribution in [2.24, 2.45) is 0 Å². The molecule has 0 bridgehead atoms. The first kappa shape index (κ1) is 36.1. The molecule has 50 heavy (non-hydrogen) atoms. The van der Waals surface area contributed by atoms with Gasteiger partial charge in [0, 0.05) is 42.0 Å². The Balaban J connectivity index is 1.42. The number of carbonyl (C=O) groups is 1. The summed E-state index contributed by atoms with van der Waals surface area (Å²) in [6.45, 7) is 3.85. The van der Waals surface area contributed by atoms with Gasteiger partial charge >= 0.3 is 0 Å². The molecule has 0 aliphatic carbocycles. The van der Waals surface area contributed by atoms with E-state index in [2.05, 4.69) is 4.90 Å². The van der Waals surface area contributed by atoms with Gasteiger partial charge in [-0.05, 0) is 72.6 Å². The lowest BCUT2D eigenvalue weighted by Crippen LogP contribution is -2.50. The van der Waals surface area contributed by atoms with Crippen molar-refractivity contribution in [3.8, 4) is 0 Å². The Bertz CT molecular complexity index is 2170. The molecule has 3 aromatic carbocycles. The first-order valence-corrected chi connectivity index (χ1v) is 20.1. The number of rotatable bonds is 10. The molecule has 1 aromatic heterocycles. The van der Waals surface area contributed by atoms with Crippen molar-refractivity contribution in [3.63, 3.8) is 0 Å². The molecular formula is C35H35Cl2FN4O6S2. The Hall–Kier alpha value is -3.75. The summed E-state index contributed by atoms with van der Waals surface area (Å²) in [6, 6.07) is 18.8. The van der Waals surface area contributed by atoms with Gasteiger partial charge in [0.25, 0.3) is 21.5 Å². The van der Waals surface area contributed by atoms with Gasteiger partial charge in [0.2, 0.25) is 0 Å². The third-order valence-corrected chi connectivity index (χ3v) is 13.3. The molecule has 1 fully saturated rings. The topological polar surface area (TPSA) is 117 Å². The minimum Gasteiger partial charge on any atom is -0.336 e. The number of carbonyl (C=O) groups excluding carboxylic acids is 1. The second-order valence-electron chi connectivity index (χ2n) is 12.2. The number of nitrogens with zero attached hydrogens (tertiary/aromatic N) is 4. The van der Waals surface area contributed by atoms with Gasteiger partial charge < -0.3 is 4.90 Å². The molecule has 6 rings (SSSR count). The zero-order valence-corrected chi connectivity index (χ0v) is 30.2. The van der Waals surface area contributed by atoms with Crippen molar-refractivity contribution in [2.75, 3.05) is 48.5 Å². The summed E-state index contributed by atoms with van der Waals surface area (Å²) in [5, 5.41) is 0.834. The van der Waals surface area contributed by atoms with Crippen molar-refractivity contribution in [2.45, 2.75) is 30.3 Å². The number of anilines is 1. The highest BCUT2D eigenvalue weighted by atomic mass is 35.5. The number of pyridine rings is 1. The number of halogens is 3. The highest BCUT2D eigenvalue weighted by Crippen LogP contribution is 2.49. The third-order valence-electron chi connectivity index (χ3n) is 9.21. The van der Waals surface area contributed by atoms with Crippen LogP contribution in [0, 0.1) is 5.82 Å². The minimum atomic E-state index is -4.63. The molecule has 0 saturated carbocycles. The van der Waals surface area contributed by atoms with E-state index in [1.165, 1.54) is 34.9 Å². The number of fused-ring (bicyclic) bond motifs is 1. The molecule has 3 heterocycles. The number of benzene rings is 3. The largest absolute Gasteiger partial charge is 0.336 e. The van der Waals surface area contributed by atoms with E-state index in [1.54, 1.807) is 60.4 Å². The number of hydrogen-bond donors (Lipinski definition) is 0. The molecule has 0 unspecified atom stereocenters. The van der Waals surface area contributed by atoms with E-state index in [4.69, 9.17) is 23.2 Å². The lowest BCUT2D eigenvalue weighted by molar-refractivity contribution is 0.0635. The summed E-state index contributed by atoms with van der Waals surface area (Å²) < 4.78 is 70.2. The molecule has 0 N–H and O–H groups in total. The Labute approximate surface area is 300 Å². The number of sulfonamides is 1. The molecule has 264 valence electrons. The van der Waals surface area contributed by atoms with E-state index in [0.29, 0.717) is 60.3 Å². The second-order valence-corrected chi connectivity index (χ2v) is 17.4. The van der Waals surface area contributed by atoms with Crippen molar-refractivity contribution < 1.29 is 26.0 Å². The maximum absolute atomic E-state index is 15.2. The average Bonchev–Trinajstić information content (AvgIpc) is 3.46. The van der Waals surface area contributed by atoms with Crippen LogP contribution in [0.2, 0.25) is 10.0 Å². The van der Waals surface area contributed by atoms with Crippen LogP contribution in [0.4, 0.5) is 10.2 Å². The normalized spacial score (nSPS) is 18.3. The summed E-state index contributed by atoms with van der Waals surface area (Å²) in [4.78, 5) is 31.6. The van der Waals surface area contributed by atoms with Gasteiger partial charge in [0.1, 0.15) is 31.9 Å². The maximum atomic E-state index is 15.2. The van der Waals surface area contributed by atoms with Crippen LogP contribution in [-0.2, 0) is 19.9 Å². The quantitative estimate of drug-likeness (QED) is 0.212. The van der Waals surface area contributed by atoms with Gasteiger partial charge in [-0.2, -0.15) is 0 Å². The van der Waals surface area contributed by atoms with Crippen LogP contribution in [0.1, 0.15) is 46.9 Å². The van der Waals surface area contributed by atoms with Crippen molar-refractivity contribution in [1.82, 2.24) is 14.4 Å². The standard InChI is InChI=1S/C35H35Cl2FN4O6S2/c1-2-49(45,46)23-5-18-39-19-21-40(22-20-39)34(43)28-16-17-31-41(35(28)44)32(24-8-12-26(36)13-9-24)33(25-10-14-27(37)15-11-25)42(31)50(47,48)30-7-4-3-6-29(30)38/h3-4,6-17,32-33H,2,5,18-23H2,1H3/t32-,33+/m0/s1. The van der Waals surface area contributed by atoms with Crippen LogP contribution < -0.4 is 9.86 Å². The lowest BCUT2D eigenvalue weighted by atomic mass is 9.94. The molecule has 1 amide bonds. The third kappa shape index (κ3) is 7.06. The molecule has 0 spiro atoms. The Morgan fingerprint density at radius 2 is 1.38 bits per heavy atom. The van der Waals surface area contributed by atoms with Gasteiger partial charge in [0.15, 0.2) is 0 Å². The first-order valence-electron chi connectivity index (χ1n) is 16.1. The molecule has 10 nitrogen and oxygen atoms in total. The molecule has 4 aromatic rings. The summed E-state index contributed by atoms with van der Waals surface area (Å²) >= 11 is 12.4. The fraction of sp³-hybridized carbons (Fsp3) is 0.314. The van der Waals surface area contributed by atoms with Crippen LogP contribution in [-0.4, -0.2) is 81.3 Å². The molecular weight excluding hydrogens is 726 g/mol. The van der Waals surface area contributed by atoms with Gasteiger partial charge in [0.05, 0.1) is 17.8 Å². The van der Waals surface area contributed by atoms with E-state index in [9.17, 15) is 26.4 Å². The number of piperazine rings is 1. The van der Waals surface area contributed by atoms with Crippen LogP contribution >= 0.6 is 23.2 Å². The van der Waals surface area contributed by atoms with Crippen molar-refractivity contribution in [1.29, 1.82) is 0 Å². The van der Waals surface area contributed by atoms with Crippen LogP contribution in [0.15, 0.2) is 94.6 Å². The van der Waals surface area contributed by atoms with Crippen molar-refractivity contribution in [3.05, 3.63) is 128 Å². The summed E-state index contributed by atoms with van der Waals surface area (Å²) in [5.74, 6) is -1.31. The van der Waals surface area contributed by atoms with Crippen LogP contribution in [0.5, 0.6) is 0 Å². The fourth-order valence-corrected chi connectivity index (χ4v) is 9.38. The van der Waals surface area contributed by atoms with E-state index >= 15 is 4.39 Å². The second kappa shape index (κ2) is 14.5. The Morgan fingerprint density at radius 1 is 0.800 bits per heavy atom. The van der Waals surface area contributed by atoms with Crippen LogP contribution in [0.3, 0.4) is 0 Å². The first-order chi connectivity index (χ1) is 23.8. The molecule has 0 radical (unpaired) electrons. The molecule has 2 atom stereocenters. The van der Waals surface area contributed by atoms with Crippen LogP contribution in [0.25, 0.3) is 0 Å². The summed E-state index contributed by atoms with van der Waals surface area (Å²) in [6.07, 6.45) is 0.490. The maximum Gasteiger partial charge on any atom is 0.269 e. The molecule has 2 aliphatic heterocycles. The SMILES string of the molecule is CCS(=O)(=O)CCCN1CCN(C(=O)c2ccc3n(c2=O)[C@@H](c2ccc(Cl)cc2)[C@@H](c2ccc(Cl)cc2)N3S(=O)(=O)c2ccccc2F)CC1. The lowest BCUT2D eigenvalue weighted by Gasteiger charge is -2.34. The number of sulfone groups is 1. The van der Waals surface area contributed by atoms with E-state index in [1.807, 2.05) is 0 Å². The Kier molecular flexibility index (Phi) is 10.4. The summed E-state index contributed by atoms with van der Waals surface area (Å²) in [7, 11) is -7.71. The smallest absolute Gasteiger partial charge is 0.269 e. The van der Waals surface area contributed by atoms with E-state index < -0.39 is 54.1 Å².